The number of hydrogen-bond donors (Lipinski definition) is 0. The molecule has 0 aliphatic carbocycles. The van der Waals surface area contributed by atoms with Gasteiger partial charge >= 0.3 is 0 Å². The number of unbranched alkanes of at least 4 members (excludes halogenated alkanes) is 1. The van der Waals surface area contributed by atoms with Crippen LogP contribution in [0.4, 0.5) is 5.82 Å². The van der Waals surface area contributed by atoms with Gasteiger partial charge in [-0.15, -0.1) is 0 Å². The summed E-state index contributed by atoms with van der Waals surface area (Å²) in [5, 5.41) is 5.63. The molecular formula is C25H34N6O. The Kier molecular flexibility index (Phi) is 7.02. The van der Waals surface area contributed by atoms with Crippen molar-refractivity contribution in [1.82, 2.24) is 24.6 Å². The van der Waals surface area contributed by atoms with Gasteiger partial charge < -0.3 is 9.80 Å². The topological polar surface area (TPSA) is 67.2 Å². The molecule has 1 fully saturated rings. The number of aromatic nitrogens is 4. The van der Waals surface area contributed by atoms with Crippen LogP contribution in [0.25, 0.3) is 16.7 Å². The predicted molar refractivity (Wildman–Crippen MR) is 128 cm³/mol. The van der Waals surface area contributed by atoms with Gasteiger partial charge in [-0.2, -0.15) is 5.10 Å². The number of rotatable bonds is 7. The van der Waals surface area contributed by atoms with Crippen LogP contribution in [0, 0.1) is 5.92 Å². The summed E-state index contributed by atoms with van der Waals surface area (Å²) in [5.41, 5.74) is 1.84. The Morgan fingerprint density at radius 2 is 1.88 bits per heavy atom. The largest absolute Gasteiger partial charge is 0.354 e. The minimum absolute atomic E-state index is 0.277. The highest BCUT2D eigenvalue weighted by molar-refractivity contribution is 5.88. The van der Waals surface area contributed by atoms with Crippen LogP contribution in [0.15, 0.2) is 36.5 Å². The number of hydrogen-bond acceptors (Lipinski definition) is 5. The van der Waals surface area contributed by atoms with E-state index in [-0.39, 0.29) is 5.91 Å². The third-order valence-corrected chi connectivity index (χ3v) is 5.94. The van der Waals surface area contributed by atoms with E-state index >= 15 is 0 Å². The van der Waals surface area contributed by atoms with E-state index < -0.39 is 0 Å². The fraction of sp³-hybridized carbons (Fsp3) is 0.520. The summed E-state index contributed by atoms with van der Waals surface area (Å²) in [6.07, 6.45) is 6.30. The minimum Gasteiger partial charge on any atom is -0.354 e. The van der Waals surface area contributed by atoms with Gasteiger partial charge in [-0.3, -0.25) is 4.79 Å². The smallest absolute Gasteiger partial charge is 0.222 e. The highest BCUT2D eigenvalue weighted by Gasteiger charge is 2.23. The molecule has 2 aromatic heterocycles. The molecule has 1 aliphatic heterocycles. The fourth-order valence-corrected chi connectivity index (χ4v) is 4.26. The van der Waals surface area contributed by atoms with Crippen LogP contribution in [-0.2, 0) is 11.2 Å². The molecule has 1 amide bonds. The van der Waals surface area contributed by atoms with E-state index in [1.165, 1.54) is 0 Å². The molecule has 0 unspecified atom stereocenters. The Labute approximate surface area is 190 Å². The van der Waals surface area contributed by atoms with E-state index in [2.05, 4.69) is 30.8 Å². The van der Waals surface area contributed by atoms with Gasteiger partial charge in [0.05, 0.1) is 17.3 Å². The van der Waals surface area contributed by atoms with Gasteiger partial charge in [0.25, 0.3) is 0 Å². The van der Waals surface area contributed by atoms with Crippen molar-refractivity contribution in [2.75, 3.05) is 31.1 Å². The SMILES string of the molecule is CCCCC(=O)N1CCCN(c2nc(CC(C)C)nc3c2cnn3-c2ccccc2)CC1. The molecule has 0 N–H and O–H groups in total. The molecule has 4 rings (SSSR count). The average Bonchev–Trinajstić information content (AvgIpc) is 3.05. The molecule has 32 heavy (non-hydrogen) atoms. The predicted octanol–water partition coefficient (Wildman–Crippen LogP) is 4.24. The quantitative estimate of drug-likeness (QED) is 0.556. The zero-order chi connectivity index (χ0) is 22.5. The Hall–Kier alpha value is -2.96. The average molecular weight is 435 g/mol. The lowest BCUT2D eigenvalue weighted by molar-refractivity contribution is -0.131. The standard InChI is InChI=1S/C25H34N6O/c1-4-5-12-23(32)29-13-9-14-30(16-15-29)24-21-18-26-31(20-10-7-6-8-11-20)25(21)28-22(27-24)17-19(2)3/h6-8,10-11,18-19H,4-5,9,12-17H2,1-3H3. The van der Waals surface area contributed by atoms with E-state index in [0.717, 1.165) is 80.2 Å². The molecule has 170 valence electrons. The van der Waals surface area contributed by atoms with Crippen LogP contribution in [0.5, 0.6) is 0 Å². The van der Waals surface area contributed by atoms with Crippen molar-refractivity contribution in [3.05, 3.63) is 42.4 Å². The highest BCUT2D eigenvalue weighted by atomic mass is 16.2. The van der Waals surface area contributed by atoms with Crippen molar-refractivity contribution in [1.29, 1.82) is 0 Å². The summed E-state index contributed by atoms with van der Waals surface area (Å²) >= 11 is 0. The molecule has 0 spiro atoms. The lowest BCUT2D eigenvalue weighted by Crippen LogP contribution is -2.35. The summed E-state index contributed by atoms with van der Waals surface area (Å²) < 4.78 is 1.91. The first-order valence-corrected chi connectivity index (χ1v) is 11.9. The summed E-state index contributed by atoms with van der Waals surface area (Å²) in [6.45, 7) is 9.71. The molecule has 0 atom stereocenters. The molecule has 7 nitrogen and oxygen atoms in total. The summed E-state index contributed by atoms with van der Waals surface area (Å²) in [6, 6.07) is 10.1. The lowest BCUT2D eigenvalue weighted by atomic mass is 10.1. The van der Waals surface area contributed by atoms with Crippen LogP contribution in [-0.4, -0.2) is 56.7 Å². The normalized spacial score (nSPS) is 14.9. The van der Waals surface area contributed by atoms with E-state index in [9.17, 15) is 4.79 Å². The van der Waals surface area contributed by atoms with E-state index in [4.69, 9.17) is 9.97 Å². The first-order valence-electron chi connectivity index (χ1n) is 11.9. The molecule has 0 saturated carbocycles. The molecule has 3 heterocycles. The third kappa shape index (κ3) is 4.92. The van der Waals surface area contributed by atoms with Crippen molar-refractivity contribution in [3.8, 4) is 5.69 Å². The first-order chi connectivity index (χ1) is 15.6. The Bertz CT molecular complexity index is 1050. The number of carbonyl (C=O) groups excluding carboxylic acids is 1. The van der Waals surface area contributed by atoms with E-state index in [0.29, 0.717) is 12.3 Å². The number of fused-ring (bicyclic) bond motifs is 1. The second kappa shape index (κ2) is 10.1. The second-order valence-corrected chi connectivity index (χ2v) is 9.02. The van der Waals surface area contributed by atoms with Crippen molar-refractivity contribution < 1.29 is 4.79 Å². The van der Waals surface area contributed by atoms with Gasteiger partial charge in [0.2, 0.25) is 5.91 Å². The van der Waals surface area contributed by atoms with Gasteiger partial charge in [-0.1, -0.05) is 45.4 Å². The number of benzene rings is 1. The van der Waals surface area contributed by atoms with Gasteiger partial charge in [-0.05, 0) is 30.9 Å². The maximum absolute atomic E-state index is 12.6. The van der Waals surface area contributed by atoms with Crippen molar-refractivity contribution in [2.24, 2.45) is 5.92 Å². The van der Waals surface area contributed by atoms with Gasteiger partial charge in [-0.25, -0.2) is 14.6 Å². The van der Waals surface area contributed by atoms with Crippen LogP contribution >= 0.6 is 0 Å². The van der Waals surface area contributed by atoms with Gasteiger partial charge in [0.1, 0.15) is 11.6 Å². The number of nitrogens with zero attached hydrogens (tertiary/aromatic N) is 6. The lowest BCUT2D eigenvalue weighted by Gasteiger charge is -2.24. The van der Waals surface area contributed by atoms with E-state index in [1.54, 1.807) is 0 Å². The Morgan fingerprint density at radius 1 is 1.06 bits per heavy atom. The number of amides is 1. The Morgan fingerprint density at radius 3 is 2.62 bits per heavy atom. The number of para-hydroxylation sites is 1. The Balaban J connectivity index is 1.67. The van der Waals surface area contributed by atoms with E-state index in [1.807, 2.05) is 46.1 Å². The minimum atomic E-state index is 0.277. The van der Waals surface area contributed by atoms with Crippen LogP contribution in [0.1, 0.15) is 52.3 Å². The molecule has 1 aliphatic rings. The number of anilines is 1. The number of carbonyl (C=O) groups is 1. The van der Waals surface area contributed by atoms with Crippen LogP contribution < -0.4 is 4.90 Å². The first kappa shape index (κ1) is 22.2. The van der Waals surface area contributed by atoms with Gasteiger partial charge in [0, 0.05) is 39.0 Å². The highest BCUT2D eigenvalue weighted by Crippen LogP contribution is 2.27. The zero-order valence-corrected chi connectivity index (χ0v) is 19.5. The van der Waals surface area contributed by atoms with Crippen molar-refractivity contribution >= 4 is 22.8 Å². The second-order valence-electron chi connectivity index (χ2n) is 9.02. The maximum atomic E-state index is 12.6. The van der Waals surface area contributed by atoms with Crippen molar-refractivity contribution in [3.63, 3.8) is 0 Å². The molecule has 0 bridgehead atoms. The van der Waals surface area contributed by atoms with Crippen molar-refractivity contribution in [2.45, 2.75) is 52.9 Å². The van der Waals surface area contributed by atoms with Crippen LogP contribution in [0.3, 0.4) is 0 Å². The molecule has 1 aromatic carbocycles. The molecule has 0 radical (unpaired) electrons. The molecule has 3 aromatic rings. The summed E-state index contributed by atoms with van der Waals surface area (Å²) in [5.74, 6) is 2.53. The van der Waals surface area contributed by atoms with Crippen LogP contribution in [0.2, 0.25) is 0 Å². The third-order valence-electron chi connectivity index (χ3n) is 5.94. The molecule has 1 saturated heterocycles. The fourth-order valence-electron chi connectivity index (χ4n) is 4.26. The van der Waals surface area contributed by atoms with Gasteiger partial charge in [0.15, 0.2) is 5.65 Å². The maximum Gasteiger partial charge on any atom is 0.222 e. The molecule has 7 heteroatoms. The zero-order valence-electron chi connectivity index (χ0n) is 19.5. The molecular weight excluding hydrogens is 400 g/mol. The summed E-state index contributed by atoms with van der Waals surface area (Å²) in [4.78, 5) is 26.8. The monoisotopic (exact) mass is 434 g/mol. The summed E-state index contributed by atoms with van der Waals surface area (Å²) in [7, 11) is 0.